The maximum Gasteiger partial charge on any atom is 0.417 e. The predicted molar refractivity (Wildman–Crippen MR) is 64.9 cm³/mol. The second-order valence-electron chi connectivity index (χ2n) is 4.09. The topological polar surface area (TPSA) is 72.2 Å². The molecule has 1 rings (SSSR count). The van der Waals surface area contributed by atoms with E-state index in [9.17, 15) is 21.6 Å². The van der Waals surface area contributed by atoms with Crippen LogP contribution >= 0.6 is 0 Å². The highest BCUT2D eigenvalue weighted by Crippen LogP contribution is 2.33. The summed E-state index contributed by atoms with van der Waals surface area (Å²) in [5.74, 6) is 0. The molecule has 0 aliphatic heterocycles. The molecule has 1 atom stereocenters. The van der Waals surface area contributed by atoms with Crippen LogP contribution in [0.2, 0.25) is 0 Å². The summed E-state index contributed by atoms with van der Waals surface area (Å²) < 4.78 is 64.3. The lowest BCUT2D eigenvalue weighted by molar-refractivity contribution is -0.139. The van der Waals surface area contributed by atoms with Crippen LogP contribution in [0.4, 0.5) is 13.2 Å². The maximum absolute atomic E-state index is 12.8. The molecule has 0 saturated carbocycles. The molecule has 8 heteroatoms. The number of halogens is 3. The van der Waals surface area contributed by atoms with Crippen molar-refractivity contribution in [2.75, 3.05) is 6.54 Å². The lowest BCUT2D eigenvalue weighted by Crippen LogP contribution is -2.35. The molecule has 0 aromatic heterocycles. The van der Waals surface area contributed by atoms with Crippen molar-refractivity contribution in [3.05, 3.63) is 29.8 Å². The molecule has 108 valence electrons. The SMILES string of the molecule is CC(CCN)NS(=O)(=O)c1ccccc1C(F)(F)F. The Bertz CT molecular complexity index is 529. The predicted octanol–water partition coefficient (Wildman–Crippen LogP) is 1.72. The zero-order chi connectivity index (χ0) is 14.7. The molecule has 1 unspecified atom stereocenters. The monoisotopic (exact) mass is 296 g/mol. The fraction of sp³-hybridized carbons (Fsp3) is 0.455. The molecule has 0 bridgehead atoms. The van der Waals surface area contributed by atoms with Crippen molar-refractivity contribution in [2.45, 2.75) is 30.5 Å². The fourth-order valence-corrected chi connectivity index (χ4v) is 3.08. The molecule has 0 aliphatic rings. The third-order valence-electron chi connectivity index (χ3n) is 2.44. The quantitative estimate of drug-likeness (QED) is 0.869. The summed E-state index contributed by atoms with van der Waals surface area (Å²) in [6.45, 7) is 1.78. The molecule has 0 aliphatic carbocycles. The van der Waals surface area contributed by atoms with Gasteiger partial charge < -0.3 is 5.73 Å². The molecule has 0 radical (unpaired) electrons. The summed E-state index contributed by atoms with van der Waals surface area (Å²) in [7, 11) is -4.22. The van der Waals surface area contributed by atoms with Crippen LogP contribution in [0, 0.1) is 0 Å². The summed E-state index contributed by atoms with van der Waals surface area (Å²) in [6.07, 6.45) is -4.38. The summed E-state index contributed by atoms with van der Waals surface area (Å²) in [5.41, 5.74) is 4.09. The third-order valence-corrected chi connectivity index (χ3v) is 4.09. The molecule has 1 aromatic carbocycles. The summed E-state index contributed by atoms with van der Waals surface area (Å²) in [6, 6.07) is 3.53. The summed E-state index contributed by atoms with van der Waals surface area (Å²) in [5, 5.41) is 0. The van der Waals surface area contributed by atoms with Gasteiger partial charge in [0, 0.05) is 6.04 Å². The highest BCUT2D eigenvalue weighted by Gasteiger charge is 2.37. The molecule has 0 fully saturated rings. The van der Waals surface area contributed by atoms with E-state index in [2.05, 4.69) is 4.72 Å². The molecule has 0 amide bonds. The van der Waals surface area contributed by atoms with Crippen LogP contribution in [0.1, 0.15) is 18.9 Å². The lowest BCUT2D eigenvalue weighted by atomic mass is 10.2. The van der Waals surface area contributed by atoms with E-state index in [0.29, 0.717) is 6.42 Å². The Morgan fingerprint density at radius 2 is 1.89 bits per heavy atom. The van der Waals surface area contributed by atoms with Crippen LogP contribution in [-0.2, 0) is 16.2 Å². The van der Waals surface area contributed by atoms with Crippen LogP contribution in [0.5, 0.6) is 0 Å². The Hall–Kier alpha value is -1.12. The minimum absolute atomic E-state index is 0.241. The number of hydrogen-bond acceptors (Lipinski definition) is 3. The molecule has 0 saturated heterocycles. The molecular weight excluding hydrogens is 281 g/mol. The Kier molecular flexibility index (Phi) is 4.94. The van der Waals surface area contributed by atoms with E-state index in [0.717, 1.165) is 18.2 Å². The zero-order valence-electron chi connectivity index (χ0n) is 10.2. The van der Waals surface area contributed by atoms with Gasteiger partial charge in [-0.1, -0.05) is 12.1 Å². The third kappa shape index (κ3) is 4.19. The number of alkyl halides is 3. The van der Waals surface area contributed by atoms with Crippen molar-refractivity contribution in [3.8, 4) is 0 Å². The Balaban J connectivity index is 3.16. The van der Waals surface area contributed by atoms with Gasteiger partial charge in [0.2, 0.25) is 10.0 Å². The largest absolute Gasteiger partial charge is 0.417 e. The van der Waals surface area contributed by atoms with E-state index in [-0.39, 0.29) is 6.54 Å². The van der Waals surface area contributed by atoms with E-state index < -0.39 is 32.7 Å². The Labute approximate surface area is 109 Å². The first-order valence-electron chi connectivity index (χ1n) is 5.57. The van der Waals surface area contributed by atoms with Gasteiger partial charge in [-0.3, -0.25) is 0 Å². The van der Waals surface area contributed by atoms with E-state index in [1.54, 1.807) is 6.92 Å². The van der Waals surface area contributed by atoms with E-state index >= 15 is 0 Å². The second kappa shape index (κ2) is 5.89. The molecule has 4 nitrogen and oxygen atoms in total. The zero-order valence-corrected chi connectivity index (χ0v) is 11.1. The fourth-order valence-electron chi connectivity index (χ4n) is 1.57. The minimum atomic E-state index is -4.72. The first-order valence-corrected chi connectivity index (χ1v) is 7.05. The standard InChI is InChI=1S/C11H15F3N2O2S/c1-8(6-7-15)16-19(17,18)10-5-3-2-4-9(10)11(12,13)14/h2-5,8,16H,6-7,15H2,1H3. The molecule has 3 N–H and O–H groups in total. The van der Waals surface area contributed by atoms with Crippen LogP contribution in [0.25, 0.3) is 0 Å². The molecule has 1 aromatic rings. The Morgan fingerprint density at radius 3 is 2.42 bits per heavy atom. The second-order valence-corrected chi connectivity index (χ2v) is 5.78. The van der Waals surface area contributed by atoms with Gasteiger partial charge in [0.25, 0.3) is 0 Å². The number of rotatable bonds is 5. The van der Waals surface area contributed by atoms with Gasteiger partial charge >= 0.3 is 6.18 Å². The summed E-state index contributed by atoms with van der Waals surface area (Å²) in [4.78, 5) is -0.772. The number of hydrogen-bond donors (Lipinski definition) is 2. The van der Waals surface area contributed by atoms with Gasteiger partial charge in [0.15, 0.2) is 0 Å². The minimum Gasteiger partial charge on any atom is -0.330 e. The van der Waals surface area contributed by atoms with E-state index in [1.165, 1.54) is 6.07 Å². The van der Waals surface area contributed by atoms with Gasteiger partial charge in [-0.15, -0.1) is 0 Å². The van der Waals surface area contributed by atoms with Crippen molar-refractivity contribution < 1.29 is 21.6 Å². The van der Waals surface area contributed by atoms with Gasteiger partial charge in [0.1, 0.15) is 0 Å². The molecule has 19 heavy (non-hydrogen) atoms. The Morgan fingerprint density at radius 1 is 1.32 bits per heavy atom. The summed E-state index contributed by atoms with van der Waals surface area (Å²) >= 11 is 0. The van der Waals surface area contributed by atoms with Gasteiger partial charge in [-0.05, 0) is 32.0 Å². The highest BCUT2D eigenvalue weighted by atomic mass is 32.2. The van der Waals surface area contributed by atoms with Crippen molar-refractivity contribution in [1.29, 1.82) is 0 Å². The first kappa shape index (κ1) is 15.9. The lowest BCUT2D eigenvalue weighted by Gasteiger charge is -2.16. The van der Waals surface area contributed by atoms with Crippen LogP contribution in [-0.4, -0.2) is 21.0 Å². The average molecular weight is 296 g/mol. The van der Waals surface area contributed by atoms with Crippen molar-refractivity contribution >= 4 is 10.0 Å². The van der Waals surface area contributed by atoms with Crippen LogP contribution in [0.3, 0.4) is 0 Å². The normalized spacial score (nSPS) is 14.4. The molecule has 0 heterocycles. The number of benzene rings is 1. The van der Waals surface area contributed by atoms with Crippen LogP contribution < -0.4 is 10.5 Å². The number of nitrogens with one attached hydrogen (secondary N) is 1. The average Bonchev–Trinajstić information content (AvgIpc) is 2.27. The van der Waals surface area contributed by atoms with E-state index in [4.69, 9.17) is 5.73 Å². The molecular formula is C11H15F3N2O2S. The highest BCUT2D eigenvalue weighted by molar-refractivity contribution is 7.89. The van der Waals surface area contributed by atoms with Gasteiger partial charge in [0.05, 0.1) is 10.5 Å². The van der Waals surface area contributed by atoms with Crippen molar-refractivity contribution in [1.82, 2.24) is 4.72 Å². The van der Waals surface area contributed by atoms with Gasteiger partial charge in [-0.2, -0.15) is 13.2 Å². The number of sulfonamides is 1. The van der Waals surface area contributed by atoms with Crippen molar-refractivity contribution in [2.24, 2.45) is 5.73 Å². The van der Waals surface area contributed by atoms with E-state index in [1.807, 2.05) is 0 Å². The van der Waals surface area contributed by atoms with Crippen LogP contribution in [0.15, 0.2) is 29.2 Å². The maximum atomic E-state index is 12.8. The van der Waals surface area contributed by atoms with Gasteiger partial charge in [-0.25, -0.2) is 13.1 Å². The van der Waals surface area contributed by atoms with Crippen molar-refractivity contribution in [3.63, 3.8) is 0 Å². The number of nitrogens with two attached hydrogens (primary N) is 1. The molecule has 0 spiro atoms. The smallest absolute Gasteiger partial charge is 0.330 e. The first-order chi connectivity index (χ1) is 8.68.